The molecule has 0 spiro atoms. The SMILES string of the molecule is CNC(=O)c1nc(C)c(C)c(N2CC[C@@H](NCc3conc3C)C2)n1. The van der Waals surface area contributed by atoms with Crippen molar-refractivity contribution in [2.75, 3.05) is 25.0 Å². The number of carbonyl (C=O) groups is 1. The third-order valence-corrected chi connectivity index (χ3v) is 4.71. The summed E-state index contributed by atoms with van der Waals surface area (Å²) < 4.78 is 4.97. The number of rotatable bonds is 5. The Morgan fingerprint density at radius 1 is 1.32 bits per heavy atom. The van der Waals surface area contributed by atoms with Gasteiger partial charge in [0.25, 0.3) is 5.91 Å². The lowest BCUT2D eigenvalue weighted by atomic mass is 10.2. The lowest BCUT2D eigenvalue weighted by molar-refractivity contribution is 0.0952. The van der Waals surface area contributed by atoms with Crippen molar-refractivity contribution in [1.82, 2.24) is 25.8 Å². The van der Waals surface area contributed by atoms with Gasteiger partial charge in [-0.05, 0) is 27.2 Å². The molecule has 134 valence electrons. The Balaban J connectivity index is 1.70. The zero-order chi connectivity index (χ0) is 18.0. The maximum Gasteiger partial charge on any atom is 0.288 e. The van der Waals surface area contributed by atoms with E-state index in [0.717, 1.165) is 54.4 Å². The van der Waals surface area contributed by atoms with Crippen molar-refractivity contribution in [2.24, 2.45) is 0 Å². The molecule has 0 aliphatic carbocycles. The number of hydrogen-bond acceptors (Lipinski definition) is 7. The highest BCUT2D eigenvalue weighted by atomic mass is 16.5. The second-order valence-corrected chi connectivity index (χ2v) is 6.40. The number of amides is 1. The van der Waals surface area contributed by atoms with Crippen molar-refractivity contribution in [2.45, 2.75) is 39.8 Å². The molecular weight excluding hydrogens is 320 g/mol. The lowest BCUT2D eigenvalue weighted by Crippen LogP contribution is -2.33. The van der Waals surface area contributed by atoms with E-state index in [2.05, 4.69) is 30.7 Å². The van der Waals surface area contributed by atoms with Crippen molar-refractivity contribution in [3.63, 3.8) is 0 Å². The molecule has 3 rings (SSSR count). The molecule has 0 unspecified atom stereocenters. The summed E-state index contributed by atoms with van der Waals surface area (Å²) in [5.41, 5.74) is 3.84. The van der Waals surface area contributed by atoms with E-state index >= 15 is 0 Å². The molecule has 1 amide bonds. The quantitative estimate of drug-likeness (QED) is 0.839. The molecule has 1 aliphatic heterocycles. The molecule has 2 aromatic heterocycles. The highest BCUT2D eigenvalue weighted by Crippen LogP contribution is 2.24. The van der Waals surface area contributed by atoms with E-state index in [1.165, 1.54) is 0 Å². The zero-order valence-corrected chi connectivity index (χ0v) is 15.1. The summed E-state index contributed by atoms with van der Waals surface area (Å²) in [5.74, 6) is 0.801. The summed E-state index contributed by atoms with van der Waals surface area (Å²) >= 11 is 0. The molecule has 1 fully saturated rings. The first-order valence-electron chi connectivity index (χ1n) is 8.45. The first kappa shape index (κ1) is 17.3. The monoisotopic (exact) mass is 344 g/mol. The van der Waals surface area contributed by atoms with Crippen molar-refractivity contribution >= 4 is 11.7 Å². The van der Waals surface area contributed by atoms with E-state index in [4.69, 9.17) is 4.52 Å². The normalized spacial score (nSPS) is 17.1. The third kappa shape index (κ3) is 3.63. The molecule has 1 atom stereocenters. The van der Waals surface area contributed by atoms with Gasteiger partial charge in [0.1, 0.15) is 12.1 Å². The van der Waals surface area contributed by atoms with Crippen LogP contribution >= 0.6 is 0 Å². The third-order valence-electron chi connectivity index (χ3n) is 4.71. The fourth-order valence-electron chi connectivity index (χ4n) is 2.99. The molecule has 8 nitrogen and oxygen atoms in total. The Labute approximate surface area is 147 Å². The molecule has 25 heavy (non-hydrogen) atoms. The maximum atomic E-state index is 11.9. The molecule has 1 aliphatic rings. The van der Waals surface area contributed by atoms with Gasteiger partial charge in [-0.1, -0.05) is 5.16 Å². The van der Waals surface area contributed by atoms with E-state index in [1.54, 1.807) is 13.3 Å². The standard InChI is InChI=1S/C17H24N6O2/c1-10-11(2)20-15(17(24)18-4)21-16(10)23-6-5-14(8-23)19-7-13-9-25-22-12(13)3/h9,14,19H,5-8H2,1-4H3,(H,18,24)/t14-/m1/s1. The zero-order valence-electron chi connectivity index (χ0n) is 15.1. The van der Waals surface area contributed by atoms with Gasteiger partial charge in [0.05, 0.1) is 5.69 Å². The van der Waals surface area contributed by atoms with Gasteiger partial charge in [-0.15, -0.1) is 0 Å². The first-order chi connectivity index (χ1) is 12.0. The van der Waals surface area contributed by atoms with Crippen molar-refractivity contribution in [3.05, 3.63) is 34.6 Å². The van der Waals surface area contributed by atoms with Crippen LogP contribution < -0.4 is 15.5 Å². The number of hydrogen-bond donors (Lipinski definition) is 2. The largest absolute Gasteiger partial charge is 0.364 e. The highest BCUT2D eigenvalue weighted by molar-refractivity contribution is 5.90. The van der Waals surface area contributed by atoms with Crippen LogP contribution in [0.4, 0.5) is 5.82 Å². The molecule has 8 heteroatoms. The molecule has 2 aromatic rings. The van der Waals surface area contributed by atoms with Gasteiger partial charge < -0.3 is 20.1 Å². The van der Waals surface area contributed by atoms with E-state index in [0.29, 0.717) is 6.04 Å². The Morgan fingerprint density at radius 2 is 2.12 bits per heavy atom. The highest BCUT2D eigenvalue weighted by Gasteiger charge is 2.26. The molecule has 0 saturated carbocycles. The van der Waals surface area contributed by atoms with Crippen LogP contribution in [0.1, 0.15) is 39.6 Å². The number of nitrogens with zero attached hydrogens (tertiary/aromatic N) is 4. The minimum atomic E-state index is -0.263. The Hall–Kier alpha value is -2.48. The number of aryl methyl sites for hydroxylation is 2. The van der Waals surface area contributed by atoms with Gasteiger partial charge in [-0.3, -0.25) is 4.79 Å². The van der Waals surface area contributed by atoms with Crippen LogP contribution in [0.5, 0.6) is 0 Å². The minimum Gasteiger partial charge on any atom is -0.364 e. The molecule has 1 saturated heterocycles. The molecule has 2 N–H and O–H groups in total. The minimum absolute atomic E-state index is 0.220. The second-order valence-electron chi connectivity index (χ2n) is 6.40. The van der Waals surface area contributed by atoms with E-state index < -0.39 is 0 Å². The summed E-state index contributed by atoms with van der Waals surface area (Å²) in [5, 5.41) is 10.0. The smallest absolute Gasteiger partial charge is 0.288 e. The first-order valence-corrected chi connectivity index (χ1v) is 8.45. The lowest BCUT2D eigenvalue weighted by Gasteiger charge is -2.21. The Kier molecular flexibility index (Phi) is 4.98. The Morgan fingerprint density at radius 3 is 2.80 bits per heavy atom. The number of aromatic nitrogens is 3. The summed E-state index contributed by atoms with van der Waals surface area (Å²) in [7, 11) is 1.59. The van der Waals surface area contributed by atoms with Gasteiger partial charge >= 0.3 is 0 Å². The van der Waals surface area contributed by atoms with E-state index in [-0.39, 0.29) is 11.7 Å². The number of carbonyl (C=O) groups excluding carboxylic acids is 1. The molecule has 0 aromatic carbocycles. The number of anilines is 1. The van der Waals surface area contributed by atoms with E-state index in [1.807, 2.05) is 20.8 Å². The van der Waals surface area contributed by atoms with Crippen LogP contribution in [-0.4, -0.2) is 47.2 Å². The van der Waals surface area contributed by atoms with Gasteiger partial charge in [0.15, 0.2) is 0 Å². The average molecular weight is 344 g/mol. The van der Waals surface area contributed by atoms with Crippen LogP contribution in [0, 0.1) is 20.8 Å². The predicted molar refractivity (Wildman–Crippen MR) is 93.6 cm³/mol. The van der Waals surface area contributed by atoms with Gasteiger partial charge in [-0.25, -0.2) is 9.97 Å². The van der Waals surface area contributed by atoms with Crippen LogP contribution in [0.15, 0.2) is 10.8 Å². The van der Waals surface area contributed by atoms with Crippen molar-refractivity contribution in [3.8, 4) is 0 Å². The fraction of sp³-hybridized carbons (Fsp3) is 0.529. The van der Waals surface area contributed by atoms with Crippen LogP contribution in [0.25, 0.3) is 0 Å². The molecule has 0 bridgehead atoms. The topological polar surface area (TPSA) is 96.2 Å². The molecule has 3 heterocycles. The van der Waals surface area contributed by atoms with Crippen LogP contribution in [0.2, 0.25) is 0 Å². The van der Waals surface area contributed by atoms with Gasteiger partial charge in [0.2, 0.25) is 5.82 Å². The van der Waals surface area contributed by atoms with E-state index in [9.17, 15) is 4.79 Å². The predicted octanol–water partition coefficient (Wildman–Crippen LogP) is 1.12. The Bertz CT molecular complexity index is 772. The fourth-order valence-corrected chi connectivity index (χ4v) is 2.99. The van der Waals surface area contributed by atoms with Crippen LogP contribution in [0.3, 0.4) is 0 Å². The second kappa shape index (κ2) is 7.18. The van der Waals surface area contributed by atoms with Gasteiger partial charge in [-0.2, -0.15) is 0 Å². The van der Waals surface area contributed by atoms with Crippen LogP contribution in [-0.2, 0) is 6.54 Å². The average Bonchev–Trinajstić information content (AvgIpc) is 3.23. The number of nitrogens with one attached hydrogen (secondary N) is 2. The molecule has 0 radical (unpaired) electrons. The summed E-state index contributed by atoms with van der Waals surface area (Å²) in [6.07, 6.45) is 2.70. The van der Waals surface area contributed by atoms with Gasteiger partial charge in [0, 0.05) is 49.5 Å². The van der Waals surface area contributed by atoms with Crippen molar-refractivity contribution in [1.29, 1.82) is 0 Å². The summed E-state index contributed by atoms with van der Waals surface area (Å²) in [6.45, 7) is 8.32. The summed E-state index contributed by atoms with van der Waals surface area (Å²) in [4.78, 5) is 22.9. The van der Waals surface area contributed by atoms with Crippen molar-refractivity contribution < 1.29 is 9.32 Å². The summed E-state index contributed by atoms with van der Waals surface area (Å²) in [6, 6.07) is 0.354. The maximum absolute atomic E-state index is 11.9. The molecular formula is C17H24N6O2.